The van der Waals surface area contributed by atoms with Crippen LogP contribution in [0.2, 0.25) is 5.02 Å². The monoisotopic (exact) mass is 749 g/mol. The second-order valence-corrected chi connectivity index (χ2v) is 17.1. The molecule has 5 atom stereocenters. The molecular formula is C34H44ClN5O10S. The van der Waals surface area contributed by atoms with E-state index in [9.17, 15) is 32.4 Å². The summed E-state index contributed by atoms with van der Waals surface area (Å²) in [4.78, 5) is 70.8. The van der Waals surface area contributed by atoms with E-state index < -0.39 is 80.4 Å². The lowest BCUT2D eigenvalue weighted by atomic mass is 10.1. The molecule has 3 N–H and O–H groups in total. The van der Waals surface area contributed by atoms with Gasteiger partial charge >= 0.3 is 12.2 Å². The Morgan fingerprint density at radius 2 is 1.90 bits per heavy atom. The number of nitrogens with zero attached hydrogens (tertiary/aromatic N) is 2. The Morgan fingerprint density at radius 3 is 2.61 bits per heavy atom. The highest BCUT2D eigenvalue weighted by Crippen LogP contribution is 2.46. The Hall–Kier alpha value is -3.89. The molecular weight excluding hydrogens is 706 g/mol. The third kappa shape index (κ3) is 8.44. The Morgan fingerprint density at radius 1 is 1.14 bits per heavy atom. The molecule has 2 saturated carbocycles. The lowest BCUT2D eigenvalue weighted by Gasteiger charge is -2.30. The van der Waals surface area contributed by atoms with E-state index in [1.165, 1.54) is 9.80 Å². The van der Waals surface area contributed by atoms with Gasteiger partial charge in [-0.25, -0.2) is 18.0 Å². The number of fused-ring (bicyclic) bond motifs is 3. The summed E-state index contributed by atoms with van der Waals surface area (Å²) in [5.41, 5.74) is -0.743. The number of hydrogen-bond acceptors (Lipinski definition) is 10. The van der Waals surface area contributed by atoms with Crippen molar-refractivity contribution in [2.24, 2.45) is 5.92 Å². The number of halogens is 1. The van der Waals surface area contributed by atoms with Crippen LogP contribution in [0.3, 0.4) is 0 Å². The van der Waals surface area contributed by atoms with Crippen LogP contribution in [0.4, 0.5) is 9.59 Å². The summed E-state index contributed by atoms with van der Waals surface area (Å²) in [5, 5.41) is 5.21. The van der Waals surface area contributed by atoms with Crippen molar-refractivity contribution in [1.29, 1.82) is 0 Å². The second-order valence-electron chi connectivity index (χ2n) is 14.8. The zero-order valence-corrected chi connectivity index (χ0v) is 30.4. The normalized spacial score (nSPS) is 28.9. The van der Waals surface area contributed by atoms with E-state index in [4.69, 9.17) is 25.8 Å². The molecule has 17 heteroatoms. The van der Waals surface area contributed by atoms with Gasteiger partial charge in [-0.2, -0.15) is 0 Å². The molecule has 5 aliphatic rings. The molecule has 15 nitrogen and oxygen atoms in total. The fraction of sp³-hybridized carbons (Fsp3) is 0.618. The summed E-state index contributed by atoms with van der Waals surface area (Å²) in [6, 6.07) is 2.88. The molecule has 0 unspecified atom stereocenters. The zero-order chi connectivity index (χ0) is 36.7. The largest absolute Gasteiger partial charge is 0.444 e. The number of sulfonamides is 1. The summed E-state index contributed by atoms with van der Waals surface area (Å²) in [6.07, 6.45) is 3.17. The van der Waals surface area contributed by atoms with Crippen molar-refractivity contribution in [3.8, 4) is 0 Å². The molecule has 1 aromatic carbocycles. The van der Waals surface area contributed by atoms with Gasteiger partial charge in [0.25, 0.3) is 5.91 Å². The van der Waals surface area contributed by atoms with E-state index in [0.717, 1.165) is 11.1 Å². The quantitative estimate of drug-likeness (QED) is 0.378. The van der Waals surface area contributed by atoms with Crippen LogP contribution in [-0.4, -0.2) is 102 Å². The van der Waals surface area contributed by atoms with Gasteiger partial charge in [0.1, 0.15) is 29.3 Å². The van der Waals surface area contributed by atoms with E-state index >= 15 is 0 Å². The summed E-state index contributed by atoms with van der Waals surface area (Å²) in [6.45, 7) is 5.33. The molecule has 0 radical (unpaired) electrons. The molecule has 2 aliphatic carbocycles. The van der Waals surface area contributed by atoms with Gasteiger partial charge < -0.3 is 29.7 Å². The Bertz CT molecular complexity index is 1730. The van der Waals surface area contributed by atoms with E-state index in [1.54, 1.807) is 39.0 Å². The first-order valence-corrected chi connectivity index (χ1v) is 19.1. The fourth-order valence-corrected chi connectivity index (χ4v) is 8.28. The molecule has 6 rings (SSSR count). The first-order valence-electron chi connectivity index (χ1n) is 17.2. The predicted octanol–water partition coefficient (Wildman–Crippen LogP) is 2.50. The minimum atomic E-state index is -3.92. The van der Waals surface area contributed by atoms with Crippen LogP contribution >= 0.6 is 11.6 Å². The van der Waals surface area contributed by atoms with Gasteiger partial charge in [0.2, 0.25) is 21.8 Å². The number of allylic oxidation sites excluding steroid dienone is 1. The molecule has 5 amide bonds. The Balaban J connectivity index is 1.25. The minimum absolute atomic E-state index is 0.122. The Kier molecular flexibility index (Phi) is 10.3. The van der Waals surface area contributed by atoms with Gasteiger partial charge in [-0.05, 0) is 70.1 Å². The van der Waals surface area contributed by atoms with Crippen molar-refractivity contribution in [1.82, 2.24) is 25.2 Å². The predicted molar refractivity (Wildman–Crippen MR) is 183 cm³/mol. The van der Waals surface area contributed by atoms with Gasteiger partial charge in [-0.1, -0.05) is 35.9 Å². The van der Waals surface area contributed by atoms with Gasteiger partial charge in [-0.3, -0.25) is 24.0 Å². The molecule has 0 bridgehead atoms. The van der Waals surface area contributed by atoms with Crippen molar-refractivity contribution < 1.29 is 46.6 Å². The molecule has 278 valence electrons. The van der Waals surface area contributed by atoms with Gasteiger partial charge in [0.15, 0.2) is 0 Å². The smallest absolute Gasteiger partial charge is 0.410 e. The lowest BCUT2D eigenvalue weighted by molar-refractivity contribution is -0.142. The third-order valence-corrected chi connectivity index (χ3v) is 11.7. The zero-order valence-electron chi connectivity index (χ0n) is 28.8. The molecule has 3 fully saturated rings. The van der Waals surface area contributed by atoms with Gasteiger partial charge in [0, 0.05) is 30.5 Å². The summed E-state index contributed by atoms with van der Waals surface area (Å²) < 4.78 is 44.7. The maximum absolute atomic E-state index is 14.2. The SMILES string of the molecule is CC(C)(C)OC(=O)N[C@H]1COCCC/C=C\[C@@H]2C[C@@]2(C(=O)NS(=O)(=O)C2CC2)NC(=O)[C@@H]2C[C@@H](OC(=O)N3Cc4cccc(Cl)c4C3)CN2C1=O. The van der Waals surface area contributed by atoms with Crippen LogP contribution in [0.1, 0.15) is 70.4 Å². The topological polar surface area (TPSA) is 190 Å². The average molecular weight is 750 g/mol. The van der Waals surface area contributed by atoms with E-state index in [1.807, 2.05) is 12.1 Å². The molecule has 1 saturated heterocycles. The number of ether oxygens (including phenoxy) is 3. The molecule has 0 spiro atoms. The highest BCUT2D eigenvalue weighted by atomic mass is 35.5. The lowest BCUT2D eigenvalue weighted by Crippen LogP contribution is -2.59. The average Bonchev–Trinajstić information content (AvgIpc) is 3.93. The Labute approximate surface area is 301 Å². The van der Waals surface area contributed by atoms with Crippen molar-refractivity contribution in [2.75, 3.05) is 19.8 Å². The minimum Gasteiger partial charge on any atom is -0.444 e. The van der Waals surface area contributed by atoms with E-state index in [2.05, 4.69) is 15.4 Å². The van der Waals surface area contributed by atoms with Crippen LogP contribution in [0.5, 0.6) is 0 Å². The highest BCUT2D eigenvalue weighted by Gasteiger charge is 2.62. The number of carbonyl (C=O) groups excluding carboxylic acids is 5. The van der Waals surface area contributed by atoms with Crippen molar-refractivity contribution in [3.63, 3.8) is 0 Å². The van der Waals surface area contributed by atoms with Crippen LogP contribution in [-0.2, 0) is 51.7 Å². The third-order valence-electron chi connectivity index (χ3n) is 9.57. The molecule has 3 aliphatic heterocycles. The number of hydrogen-bond donors (Lipinski definition) is 3. The standard InChI is InChI=1S/C34H44ClN5O10S/c1-33(2,3)50-31(44)36-26-19-48-13-6-4-5-9-21-15-34(21,30(43)38-51(46,47)23-11-12-23)37-28(41)27-14-22(17-40(27)29(26)42)49-32(45)39-16-20-8-7-10-25(35)24(20)18-39/h5,7-10,21-23,26-27H,4,6,11-19H2,1-3H3,(H,36,44)(H,37,41)(H,38,43)/b9-5-/t21-,22-,26+,27+,34-/m1/s1. The highest BCUT2D eigenvalue weighted by molar-refractivity contribution is 7.91. The maximum atomic E-state index is 14.2. The number of alkyl carbamates (subject to hydrolysis) is 1. The van der Waals surface area contributed by atoms with Gasteiger partial charge in [-0.15, -0.1) is 0 Å². The van der Waals surface area contributed by atoms with E-state index in [-0.39, 0.29) is 45.7 Å². The van der Waals surface area contributed by atoms with Crippen molar-refractivity contribution in [3.05, 3.63) is 46.5 Å². The van der Waals surface area contributed by atoms with Gasteiger partial charge in [0.05, 0.1) is 24.9 Å². The van der Waals surface area contributed by atoms with Crippen molar-refractivity contribution >= 4 is 51.5 Å². The second kappa shape index (κ2) is 14.3. The summed E-state index contributed by atoms with van der Waals surface area (Å²) >= 11 is 6.34. The number of benzene rings is 1. The first kappa shape index (κ1) is 36.9. The first-order chi connectivity index (χ1) is 24.1. The maximum Gasteiger partial charge on any atom is 0.410 e. The molecule has 3 heterocycles. The fourth-order valence-electron chi connectivity index (χ4n) is 6.66. The summed E-state index contributed by atoms with van der Waals surface area (Å²) in [7, 11) is -3.92. The van der Waals surface area contributed by atoms with E-state index in [0.29, 0.717) is 30.7 Å². The van der Waals surface area contributed by atoms with Crippen LogP contribution in [0, 0.1) is 5.92 Å². The van der Waals surface area contributed by atoms with Crippen LogP contribution in [0.15, 0.2) is 30.4 Å². The molecule has 1 aromatic rings. The van der Waals surface area contributed by atoms with Crippen molar-refractivity contribution in [2.45, 2.75) is 107 Å². The number of carbonyl (C=O) groups is 5. The summed E-state index contributed by atoms with van der Waals surface area (Å²) in [5.74, 6) is -2.76. The molecule has 51 heavy (non-hydrogen) atoms. The van der Waals surface area contributed by atoms with Crippen LogP contribution in [0.25, 0.3) is 0 Å². The van der Waals surface area contributed by atoms with Crippen LogP contribution < -0.4 is 15.4 Å². The number of rotatable bonds is 5. The molecule has 0 aromatic heterocycles. The number of amides is 5. The number of nitrogens with one attached hydrogen (secondary N) is 3.